The van der Waals surface area contributed by atoms with Gasteiger partial charge in [0, 0.05) is 19.5 Å². The fourth-order valence-electron chi connectivity index (χ4n) is 1.73. The van der Waals surface area contributed by atoms with Gasteiger partial charge in [-0.2, -0.15) is 0 Å². The first-order valence-electron chi connectivity index (χ1n) is 5.14. The Kier molecular flexibility index (Phi) is 3.01. The average Bonchev–Trinajstić information content (AvgIpc) is 2.16. The van der Waals surface area contributed by atoms with E-state index in [1.54, 1.807) is 0 Å². The van der Waals surface area contributed by atoms with Crippen LogP contribution < -0.4 is 10.1 Å². The Bertz CT molecular complexity index is 385. The van der Waals surface area contributed by atoms with Gasteiger partial charge < -0.3 is 15.2 Å². The summed E-state index contributed by atoms with van der Waals surface area (Å²) in [5, 5.41) is 12.8. The van der Waals surface area contributed by atoms with E-state index in [9.17, 15) is 18.3 Å². The summed E-state index contributed by atoms with van der Waals surface area (Å²) in [7, 11) is 0. The van der Waals surface area contributed by atoms with Gasteiger partial charge in [0.2, 0.25) is 0 Å². The van der Waals surface area contributed by atoms with Gasteiger partial charge in [0.25, 0.3) is 0 Å². The highest BCUT2D eigenvalue weighted by molar-refractivity contribution is 5.28. The Morgan fingerprint density at radius 2 is 1.82 bits per heavy atom. The van der Waals surface area contributed by atoms with E-state index in [-0.39, 0.29) is 5.75 Å². The number of halogens is 3. The van der Waals surface area contributed by atoms with Gasteiger partial charge in [-0.3, -0.25) is 0 Å². The van der Waals surface area contributed by atoms with Crippen molar-refractivity contribution in [2.45, 2.75) is 18.4 Å². The highest BCUT2D eigenvalue weighted by Crippen LogP contribution is 2.24. The number of ether oxygens (including phenoxy) is 1. The van der Waals surface area contributed by atoms with Crippen molar-refractivity contribution in [3.63, 3.8) is 0 Å². The maximum Gasteiger partial charge on any atom is 0.573 e. The van der Waals surface area contributed by atoms with Crippen molar-refractivity contribution < 1.29 is 23.0 Å². The zero-order valence-corrected chi connectivity index (χ0v) is 8.92. The van der Waals surface area contributed by atoms with E-state index in [2.05, 4.69) is 10.1 Å². The van der Waals surface area contributed by atoms with Gasteiger partial charge in [0.05, 0.1) is 5.60 Å². The van der Waals surface area contributed by atoms with Crippen LogP contribution in [0.2, 0.25) is 0 Å². The van der Waals surface area contributed by atoms with Crippen LogP contribution in [0.5, 0.6) is 5.75 Å². The van der Waals surface area contributed by atoms with Crippen molar-refractivity contribution in [2.75, 3.05) is 13.1 Å². The molecule has 0 spiro atoms. The molecule has 1 aliphatic heterocycles. The van der Waals surface area contributed by atoms with Crippen molar-refractivity contribution in [2.24, 2.45) is 0 Å². The standard InChI is InChI=1S/C11H12F3NO2/c12-11(13,14)17-9-3-1-8(2-4-9)5-10(16)6-15-7-10/h1-4,15-16H,5-7H2. The van der Waals surface area contributed by atoms with Gasteiger partial charge in [0.15, 0.2) is 0 Å². The molecule has 0 unspecified atom stereocenters. The average molecular weight is 247 g/mol. The molecular weight excluding hydrogens is 235 g/mol. The second kappa shape index (κ2) is 4.19. The van der Waals surface area contributed by atoms with Crippen LogP contribution in [0.4, 0.5) is 13.2 Å². The maximum atomic E-state index is 11.9. The van der Waals surface area contributed by atoms with E-state index < -0.39 is 12.0 Å². The van der Waals surface area contributed by atoms with Crippen LogP contribution in [0.3, 0.4) is 0 Å². The molecule has 17 heavy (non-hydrogen) atoms. The van der Waals surface area contributed by atoms with Crippen LogP contribution in [0.25, 0.3) is 0 Å². The lowest BCUT2D eigenvalue weighted by Crippen LogP contribution is -2.60. The van der Waals surface area contributed by atoms with E-state index >= 15 is 0 Å². The predicted molar refractivity (Wildman–Crippen MR) is 54.6 cm³/mol. The van der Waals surface area contributed by atoms with Crippen molar-refractivity contribution in [3.05, 3.63) is 29.8 Å². The molecule has 0 bridgehead atoms. The lowest BCUT2D eigenvalue weighted by atomic mass is 9.89. The van der Waals surface area contributed by atoms with E-state index in [1.165, 1.54) is 24.3 Å². The van der Waals surface area contributed by atoms with E-state index in [4.69, 9.17) is 0 Å². The molecule has 1 aliphatic rings. The zero-order valence-electron chi connectivity index (χ0n) is 8.92. The summed E-state index contributed by atoms with van der Waals surface area (Å²) in [4.78, 5) is 0. The number of rotatable bonds is 3. The molecule has 0 aromatic heterocycles. The highest BCUT2D eigenvalue weighted by atomic mass is 19.4. The summed E-state index contributed by atoms with van der Waals surface area (Å²) in [5.74, 6) is -0.250. The van der Waals surface area contributed by atoms with Gasteiger partial charge in [0.1, 0.15) is 5.75 Å². The second-order valence-electron chi connectivity index (χ2n) is 4.20. The Balaban J connectivity index is 1.98. The Labute approximate surface area is 96.2 Å². The van der Waals surface area contributed by atoms with Gasteiger partial charge in [-0.05, 0) is 17.7 Å². The van der Waals surface area contributed by atoms with E-state index in [0.717, 1.165) is 5.56 Å². The SMILES string of the molecule is OC1(Cc2ccc(OC(F)(F)F)cc2)CNC1. The molecule has 3 nitrogen and oxygen atoms in total. The summed E-state index contributed by atoms with van der Waals surface area (Å²) in [5.41, 5.74) is 0.00961. The minimum absolute atomic E-state index is 0.250. The molecule has 1 saturated heterocycles. The maximum absolute atomic E-state index is 11.9. The first-order chi connectivity index (χ1) is 7.86. The van der Waals surface area contributed by atoms with Crippen LogP contribution in [-0.4, -0.2) is 30.2 Å². The number of alkyl halides is 3. The lowest BCUT2D eigenvalue weighted by Gasteiger charge is -2.37. The fraction of sp³-hybridized carbons (Fsp3) is 0.455. The molecule has 1 aromatic carbocycles. The van der Waals surface area contributed by atoms with Crippen molar-refractivity contribution in [3.8, 4) is 5.75 Å². The van der Waals surface area contributed by atoms with E-state index in [1.807, 2.05) is 0 Å². The van der Waals surface area contributed by atoms with Gasteiger partial charge in [-0.25, -0.2) is 0 Å². The third-order valence-corrected chi connectivity index (χ3v) is 2.60. The third kappa shape index (κ3) is 3.34. The van der Waals surface area contributed by atoms with Crippen LogP contribution in [0.1, 0.15) is 5.56 Å². The summed E-state index contributed by atoms with van der Waals surface area (Å²) < 4.78 is 39.5. The monoisotopic (exact) mass is 247 g/mol. The molecule has 1 fully saturated rings. The Morgan fingerprint density at radius 1 is 1.24 bits per heavy atom. The largest absolute Gasteiger partial charge is 0.573 e. The summed E-state index contributed by atoms with van der Waals surface area (Å²) in [6.45, 7) is 1.02. The van der Waals surface area contributed by atoms with Gasteiger partial charge in [-0.15, -0.1) is 13.2 Å². The predicted octanol–water partition coefficient (Wildman–Crippen LogP) is 1.46. The molecule has 2 rings (SSSR count). The Morgan fingerprint density at radius 3 is 2.24 bits per heavy atom. The number of β-amino-alcohol motifs (C(OH)–C–C–N with tert-alkyl or cyclic N) is 1. The van der Waals surface area contributed by atoms with Crippen molar-refractivity contribution >= 4 is 0 Å². The van der Waals surface area contributed by atoms with Crippen LogP contribution in [0.15, 0.2) is 24.3 Å². The number of benzene rings is 1. The first-order valence-corrected chi connectivity index (χ1v) is 5.14. The summed E-state index contributed by atoms with van der Waals surface area (Å²) in [6, 6.07) is 5.55. The molecule has 0 aliphatic carbocycles. The summed E-state index contributed by atoms with van der Waals surface area (Å²) in [6.07, 6.45) is -4.25. The number of aliphatic hydroxyl groups is 1. The number of hydrogen-bond acceptors (Lipinski definition) is 3. The van der Waals surface area contributed by atoms with Crippen molar-refractivity contribution in [1.82, 2.24) is 5.32 Å². The molecule has 0 saturated carbocycles. The molecular formula is C11H12F3NO2. The normalized spacial score (nSPS) is 18.6. The molecule has 0 amide bonds. The minimum Gasteiger partial charge on any atom is -0.406 e. The van der Waals surface area contributed by atoms with Crippen LogP contribution >= 0.6 is 0 Å². The van der Waals surface area contributed by atoms with E-state index in [0.29, 0.717) is 19.5 Å². The molecule has 2 N–H and O–H groups in total. The smallest absolute Gasteiger partial charge is 0.406 e. The molecule has 1 heterocycles. The molecule has 0 atom stereocenters. The quantitative estimate of drug-likeness (QED) is 0.849. The minimum atomic E-state index is -4.67. The van der Waals surface area contributed by atoms with Crippen molar-refractivity contribution in [1.29, 1.82) is 0 Å². The topological polar surface area (TPSA) is 41.5 Å². The second-order valence-corrected chi connectivity index (χ2v) is 4.20. The lowest BCUT2D eigenvalue weighted by molar-refractivity contribution is -0.274. The Hall–Kier alpha value is -1.27. The van der Waals surface area contributed by atoms with Gasteiger partial charge >= 0.3 is 6.36 Å². The highest BCUT2D eigenvalue weighted by Gasteiger charge is 2.34. The molecule has 1 aromatic rings. The van der Waals surface area contributed by atoms with Crippen LogP contribution in [0, 0.1) is 0 Å². The van der Waals surface area contributed by atoms with Gasteiger partial charge in [-0.1, -0.05) is 12.1 Å². The molecule has 94 valence electrons. The summed E-state index contributed by atoms with van der Waals surface area (Å²) >= 11 is 0. The molecule has 6 heteroatoms. The number of nitrogens with one attached hydrogen (secondary N) is 1. The molecule has 0 radical (unpaired) electrons. The third-order valence-electron chi connectivity index (χ3n) is 2.60. The first kappa shape index (κ1) is 12.2. The van der Waals surface area contributed by atoms with Crippen LogP contribution in [-0.2, 0) is 6.42 Å². The fourth-order valence-corrected chi connectivity index (χ4v) is 1.73. The number of hydrogen-bond donors (Lipinski definition) is 2. The zero-order chi connectivity index (χ0) is 12.5.